The van der Waals surface area contributed by atoms with Gasteiger partial charge in [0.2, 0.25) is 11.8 Å². The van der Waals surface area contributed by atoms with Gasteiger partial charge >= 0.3 is 5.97 Å². The van der Waals surface area contributed by atoms with Gasteiger partial charge in [-0.1, -0.05) is 42.5 Å². The van der Waals surface area contributed by atoms with E-state index in [1.165, 1.54) is 4.90 Å². The Hall–Kier alpha value is -3.35. The largest absolute Gasteiger partial charge is 0.480 e. The van der Waals surface area contributed by atoms with E-state index in [0.717, 1.165) is 11.1 Å². The van der Waals surface area contributed by atoms with Gasteiger partial charge in [-0.05, 0) is 29.7 Å². The second-order valence-corrected chi connectivity index (χ2v) is 6.91. The van der Waals surface area contributed by atoms with Crippen molar-refractivity contribution in [2.45, 2.75) is 37.9 Å². The lowest BCUT2D eigenvalue weighted by Crippen LogP contribution is -2.50. The smallest absolute Gasteiger partial charge is 0.326 e. The van der Waals surface area contributed by atoms with Gasteiger partial charge in [0.25, 0.3) is 0 Å². The molecule has 2 aromatic rings. The fourth-order valence-corrected chi connectivity index (χ4v) is 3.34. The molecule has 0 radical (unpaired) electrons. The predicted octanol–water partition coefficient (Wildman–Crippen LogP) is 1.57. The number of carboxylic acid groups (broad SMARTS) is 1. The first kappa shape index (κ1) is 19.4. The highest BCUT2D eigenvalue weighted by Crippen LogP contribution is 2.22. The van der Waals surface area contributed by atoms with E-state index in [1.807, 2.05) is 30.3 Å². The molecule has 1 saturated heterocycles. The molecule has 2 atom stereocenters. The second-order valence-electron chi connectivity index (χ2n) is 6.91. The van der Waals surface area contributed by atoms with Crippen molar-refractivity contribution in [2.75, 3.05) is 5.73 Å². The number of benzene rings is 2. The van der Waals surface area contributed by atoms with Crippen LogP contribution in [0.5, 0.6) is 0 Å². The molecule has 0 aliphatic carbocycles. The Morgan fingerprint density at radius 1 is 1.11 bits per heavy atom. The molecule has 7 heteroatoms. The third-order valence-electron chi connectivity index (χ3n) is 4.86. The summed E-state index contributed by atoms with van der Waals surface area (Å²) >= 11 is 0. The number of anilines is 1. The lowest BCUT2D eigenvalue weighted by Gasteiger charge is -2.25. The van der Waals surface area contributed by atoms with Crippen LogP contribution >= 0.6 is 0 Å². The number of carbonyl (C=O) groups is 3. The predicted molar refractivity (Wildman–Crippen MR) is 104 cm³/mol. The molecule has 0 saturated carbocycles. The van der Waals surface area contributed by atoms with Crippen LogP contribution in [0.1, 0.15) is 24.0 Å². The summed E-state index contributed by atoms with van der Waals surface area (Å²) < 4.78 is 0. The molecule has 0 aromatic heterocycles. The lowest BCUT2D eigenvalue weighted by molar-refractivity contribution is -0.143. The van der Waals surface area contributed by atoms with Crippen molar-refractivity contribution in [3.63, 3.8) is 0 Å². The summed E-state index contributed by atoms with van der Waals surface area (Å²) in [6.45, 7) is 0.327. The van der Waals surface area contributed by atoms with Gasteiger partial charge in [-0.3, -0.25) is 9.59 Å². The van der Waals surface area contributed by atoms with Crippen molar-refractivity contribution in [1.82, 2.24) is 10.2 Å². The van der Waals surface area contributed by atoms with Gasteiger partial charge < -0.3 is 21.1 Å². The molecule has 0 unspecified atom stereocenters. The minimum Gasteiger partial charge on any atom is -0.480 e. The number of nitrogens with zero attached hydrogens (tertiary/aromatic N) is 1. The summed E-state index contributed by atoms with van der Waals surface area (Å²) in [5.74, 6) is -1.66. The number of carboxylic acids is 1. The Kier molecular flexibility index (Phi) is 5.93. The first-order valence-corrected chi connectivity index (χ1v) is 9.15. The second kappa shape index (κ2) is 8.56. The number of aliphatic carboxylic acids is 1. The molecule has 28 heavy (non-hydrogen) atoms. The van der Waals surface area contributed by atoms with E-state index >= 15 is 0 Å². The van der Waals surface area contributed by atoms with Gasteiger partial charge in [-0.2, -0.15) is 0 Å². The van der Waals surface area contributed by atoms with E-state index in [4.69, 9.17) is 5.73 Å². The van der Waals surface area contributed by atoms with E-state index < -0.39 is 24.0 Å². The van der Waals surface area contributed by atoms with Crippen molar-refractivity contribution in [1.29, 1.82) is 0 Å². The molecular weight excluding hydrogens is 358 g/mol. The number of hydrogen-bond donors (Lipinski definition) is 3. The zero-order valence-electron chi connectivity index (χ0n) is 15.4. The van der Waals surface area contributed by atoms with Crippen LogP contribution in [0.2, 0.25) is 0 Å². The van der Waals surface area contributed by atoms with E-state index in [0.29, 0.717) is 18.7 Å². The van der Waals surface area contributed by atoms with Crippen LogP contribution < -0.4 is 11.1 Å². The number of nitrogens with one attached hydrogen (secondary N) is 1. The number of nitrogen functional groups attached to an aromatic ring is 1. The standard InChI is InChI=1S/C21H23N3O4/c22-16-8-6-14(7-9-16)12-17(21(27)28)23-20(26)18-10-11-19(25)24(18)13-15-4-2-1-3-5-15/h1-9,17-18H,10-13,22H2,(H,23,26)(H,27,28)/t17-,18-/m0/s1. The minimum absolute atomic E-state index is 0.102. The normalized spacial score (nSPS) is 17.4. The van der Waals surface area contributed by atoms with Crippen LogP contribution in [0.4, 0.5) is 5.69 Å². The van der Waals surface area contributed by atoms with Crippen LogP contribution in [-0.4, -0.2) is 39.9 Å². The number of carbonyl (C=O) groups excluding carboxylic acids is 2. The molecule has 1 fully saturated rings. The van der Waals surface area contributed by atoms with E-state index in [9.17, 15) is 19.5 Å². The van der Waals surface area contributed by atoms with Crippen LogP contribution in [-0.2, 0) is 27.3 Å². The molecule has 1 aliphatic heterocycles. The molecule has 2 aromatic carbocycles. The first-order chi connectivity index (χ1) is 13.4. The zero-order chi connectivity index (χ0) is 20.1. The first-order valence-electron chi connectivity index (χ1n) is 9.15. The fraction of sp³-hybridized carbons (Fsp3) is 0.286. The van der Waals surface area contributed by atoms with E-state index in [2.05, 4.69) is 5.32 Å². The Morgan fingerprint density at radius 2 is 1.79 bits per heavy atom. The van der Waals surface area contributed by atoms with Crippen molar-refractivity contribution >= 4 is 23.5 Å². The number of rotatable bonds is 7. The number of amides is 2. The third-order valence-corrected chi connectivity index (χ3v) is 4.86. The fourth-order valence-electron chi connectivity index (χ4n) is 3.34. The van der Waals surface area contributed by atoms with Gasteiger partial charge in [-0.15, -0.1) is 0 Å². The van der Waals surface area contributed by atoms with Crippen molar-refractivity contribution < 1.29 is 19.5 Å². The average molecular weight is 381 g/mol. The van der Waals surface area contributed by atoms with Gasteiger partial charge in [0.1, 0.15) is 12.1 Å². The molecular formula is C21H23N3O4. The van der Waals surface area contributed by atoms with Crippen molar-refractivity contribution in [2.24, 2.45) is 0 Å². The molecule has 0 spiro atoms. The Bertz CT molecular complexity index is 852. The topological polar surface area (TPSA) is 113 Å². The van der Waals surface area contributed by atoms with Crippen LogP contribution in [0, 0.1) is 0 Å². The minimum atomic E-state index is -1.12. The maximum Gasteiger partial charge on any atom is 0.326 e. The average Bonchev–Trinajstić information content (AvgIpc) is 3.04. The molecule has 0 bridgehead atoms. The molecule has 4 N–H and O–H groups in total. The lowest BCUT2D eigenvalue weighted by atomic mass is 10.0. The van der Waals surface area contributed by atoms with Crippen LogP contribution in [0.15, 0.2) is 54.6 Å². The van der Waals surface area contributed by atoms with Gasteiger partial charge in [-0.25, -0.2) is 4.79 Å². The van der Waals surface area contributed by atoms with Crippen molar-refractivity contribution in [3.05, 3.63) is 65.7 Å². The molecule has 1 aliphatic rings. The molecule has 2 amide bonds. The Labute approximate surface area is 163 Å². The molecule has 7 nitrogen and oxygen atoms in total. The summed E-state index contributed by atoms with van der Waals surface area (Å²) in [6, 6.07) is 14.5. The number of hydrogen-bond acceptors (Lipinski definition) is 4. The van der Waals surface area contributed by atoms with Gasteiger partial charge in [0, 0.05) is 25.1 Å². The van der Waals surface area contributed by atoms with E-state index in [-0.39, 0.29) is 18.7 Å². The number of nitrogens with two attached hydrogens (primary N) is 1. The van der Waals surface area contributed by atoms with Crippen molar-refractivity contribution in [3.8, 4) is 0 Å². The molecule has 146 valence electrons. The van der Waals surface area contributed by atoms with Crippen LogP contribution in [0.3, 0.4) is 0 Å². The maximum absolute atomic E-state index is 12.8. The quantitative estimate of drug-likeness (QED) is 0.630. The SMILES string of the molecule is Nc1ccc(C[C@H](NC(=O)[C@@H]2CCC(=O)N2Cc2ccccc2)C(=O)O)cc1. The monoisotopic (exact) mass is 381 g/mol. The highest BCUT2D eigenvalue weighted by atomic mass is 16.4. The molecule has 1 heterocycles. The Balaban J connectivity index is 1.68. The van der Waals surface area contributed by atoms with Crippen LogP contribution in [0.25, 0.3) is 0 Å². The summed E-state index contributed by atoms with van der Waals surface area (Å²) in [7, 11) is 0. The van der Waals surface area contributed by atoms with Gasteiger partial charge in [0.05, 0.1) is 0 Å². The zero-order valence-corrected chi connectivity index (χ0v) is 15.4. The summed E-state index contributed by atoms with van der Waals surface area (Å²) in [4.78, 5) is 38.2. The summed E-state index contributed by atoms with van der Waals surface area (Å²) in [6.07, 6.45) is 0.799. The number of likely N-dealkylation sites (tertiary alicyclic amines) is 1. The highest BCUT2D eigenvalue weighted by Gasteiger charge is 2.37. The Morgan fingerprint density at radius 3 is 2.43 bits per heavy atom. The molecule has 3 rings (SSSR count). The van der Waals surface area contributed by atoms with E-state index in [1.54, 1.807) is 24.3 Å². The summed E-state index contributed by atoms with van der Waals surface area (Å²) in [5, 5.41) is 12.1. The summed E-state index contributed by atoms with van der Waals surface area (Å²) in [5.41, 5.74) is 7.91. The third kappa shape index (κ3) is 4.68. The highest BCUT2D eigenvalue weighted by molar-refractivity contribution is 5.93. The van der Waals surface area contributed by atoms with Gasteiger partial charge in [0.15, 0.2) is 0 Å². The maximum atomic E-state index is 12.8.